The van der Waals surface area contributed by atoms with E-state index in [1.54, 1.807) is 18.2 Å². The zero-order chi connectivity index (χ0) is 19.3. The Labute approximate surface area is 172 Å². The smallest absolute Gasteiger partial charge is 0.187 e. The maximum absolute atomic E-state index is 12.6. The Balaban J connectivity index is 1.39. The van der Waals surface area contributed by atoms with Crippen molar-refractivity contribution in [2.45, 2.75) is 6.61 Å². The molecule has 0 aliphatic carbocycles. The van der Waals surface area contributed by atoms with Gasteiger partial charge in [0.15, 0.2) is 5.78 Å². The highest BCUT2D eigenvalue weighted by Crippen LogP contribution is 2.30. The van der Waals surface area contributed by atoms with Crippen molar-refractivity contribution in [3.63, 3.8) is 0 Å². The van der Waals surface area contributed by atoms with Gasteiger partial charge in [0.25, 0.3) is 0 Å². The Hall–Kier alpha value is -3.05. The average molecular weight is 435 g/mol. The molecule has 1 heterocycles. The van der Waals surface area contributed by atoms with Crippen molar-refractivity contribution >= 4 is 33.1 Å². The first kappa shape index (κ1) is 18.3. The molecular weight excluding hydrogens is 416 g/mol. The van der Waals surface area contributed by atoms with E-state index in [2.05, 4.69) is 26.6 Å². The van der Waals surface area contributed by atoms with Crippen LogP contribution in [0.2, 0.25) is 0 Å². The van der Waals surface area contributed by atoms with Gasteiger partial charge in [0, 0.05) is 21.8 Å². The topological polar surface area (TPSA) is 50.4 Å². The molecule has 0 aromatic heterocycles. The zero-order valence-electron chi connectivity index (χ0n) is 15.1. The van der Waals surface area contributed by atoms with E-state index < -0.39 is 0 Å². The highest BCUT2D eigenvalue weighted by molar-refractivity contribution is 9.10. The van der Waals surface area contributed by atoms with Gasteiger partial charge in [0.05, 0.1) is 17.9 Å². The molecule has 0 saturated carbocycles. The fourth-order valence-electron chi connectivity index (χ4n) is 2.96. The minimum Gasteiger partial charge on any atom is -0.489 e. The first-order valence-electron chi connectivity index (χ1n) is 8.99. The van der Waals surface area contributed by atoms with E-state index in [-0.39, 0.29) is 5.78 Å². The van der Waals surface area contributed by atoms with Gasteiger partial charge >= 0.3 is 0 Å². The number of benzene rings is 3. The van der Waals surface area contributed by atoms with Crippen LogP contribution in [-0.2, 0) is 6.61 Å². The minimum atomic E-state index is -0.0422. The van der Waals surface area contributed by atoms with E-state index in [0.29, 0.717) is 18.7 Å². The van der Waals surface area contributed by atoms with Crippen molar-refractivity contribution in [2.24, 2.45) is 0 Å². The molecule has 3 aromatic rings. The molecular formula is C23H19BrN2O2. The molecule has 1 aliphatic heterocycles. The van der Waals surface area contributed by atoms with Crippen LogP contribution in [-0.4, -0.2) is 12.3 Å². The summed E-state index contributed by atoms with van der Waals surface area (Å²) in [5.74, 6) is 0.699. The van der Waals surface area contributed by atoms with Crippen molar-refractivity contribution in [1.82, 2.24) is 0 Å². The highest BCUT2D eigenvalue weighted by Gasteiger charge is 2.13. The third-order valence-electron chi connectivity index (χ3n) is 4.44. The van der Waals surface area contributed by atoms with E-state index in [1.807, 2.05) is 60.7 Å². The number of fused-ring (bicyclic) bond motifs is 1. The third-order valence-corrected chi connectivity index (χ3v) is 4.93. The molecule has 0 radical (unpaired) electrons. The summed E-state index contributed by atoms with van der Waals surface area (Å²) in [4.78, 5) is 12.6. The molecule has 4 rings (SSSR count). The van der Waals surface area contributed by atoms with Crippen LogP contribution in [0.25, 0.3) is 0 Å². The lowest BCUT2D eigenvalue weighted by molar-refractivity contribution is 0.104. The Bertz CT molecular complexity index is 1010. The van der Waals surface area contributed by atoms with Gasteiger partial charge in [0.2, 0.25) is 0 Å². The second-order valence-corrected chi connectivity index (χ2v) is 7.42. The lowest BCUT2D eigenvalue weighted by Gasteiger charge is -2.22. The number of rotatable bonds is 5. The first-order chi connectivity index (χ1) is 13.7. The molecule has 1 aliphatic rings. The minimum absolute atomic E-state index is 0.0422. The van der Waals surface area contributed by atoms with Crippen LogP contribution >= 0.6 is 15.9 Å². The number of ketones is 1. The molecule has 0 saturated heterocycles. The number of carbonyl (C=O) groups excluding carboxylic acids is 1. The summed E-state index contributed by atoms with van der Waals surface area (Å²) >= 11 is 3.46. The van der Waals surface area contributed by atoms with Gasteiger partial charge in [0.1, 0.15) is 12.4 Å². The molecule has 0 amide bonds. The van der Waals surface area contributed by atoms with Gasteiger partial charge in [-0.25, -0.2) is 0 Å². The Morgan fingerprint density at radius 3 is 2.57 bits per heavy atom. The lowest BCUT2D eigenvalue weighted by atomic mass is 10.1. The largest absolute Gasteiger partial charge is 0.489 e. The molecule has 0 fully saturated rings. The molecule has 0 spiro atoms. The summed E-state index contributed by atoms with van der Waals surface area (Å²) in [7, 11) is 0. The third kappa shape index (κ3) is 4.43. The number of hydrogen-bond donors (Lipinski definition) is 2. The van der Waals surface area contributed by atoms with Crippen LogP contribution in [0.4, 0.5) is 11.4 Å². The van der Waals surface area contributed by atoms with Gasteiger partial charge in [-0.1, -0.05) is 46.3 Å². The molecule has 140 valence electrons. The van der Waals surface area contributed by atoms with Gasteiger partial charge < -0.3 is 15.4 Å². The Morgan fingerprint density at radius 1 is 1.00 bits per heavy atom. The second-order valence-electron chi connectivity index (χ2n) is 6.50. The van der Waals surface area contributed by atoms with E-state index >= 15 is 0 Å². The monoisotopic (exact) mass is 434 g/mol. The molecule has 0 unspecified atom stereocenters. The molecule has 4 nitrogen and oxygen atoms in total. The normalized spacial score (nSPS) is 14.0. The molecule has 5 heteroatoms. The number of ether oxygens (including phenoxy) is 1. The highest BCUT2D eigenvalue weighted by atomic mass is 79.9. The van der Waals surface area contributed by atoms with Gasteiger partial charge in [-0.05, 0) is 48.0 Å². The second kappa shape index (κ2) is 8.31. The van der Waals surface area contributed by atoms with Crippen LogP contribution in [0.15, 0.2) is 89.0 Å². The van der Waals surface area contributed by atoms with Crippen LogP contribution in [0, 0.1) is 0 Å². The maximum atomic E-state index is 12.6. The number of allylic oxidation sites excluding steroid dienone is 1. The van der Waals surface area contributed by atoms with Gasteiger partial charge in [-0.15, -0.1) is 0 Å². The SMILES string of the molecule is O=C(/C=C1/CNc2cc(Br)ccc2N1)c1ccc(OCc2ccccc2)cc1. The predicted molar refractivity (Wildman–Crippen MR) is 116 cm³/mol. The number of halogens is 1. The molecule has 0 bridgehead atoms. The van der Waals surface area contributed by atoms with Gasteiger partial charge in [-0.3, -0.25) is 4.79 Å². The number of anilines is 2. The van der Waals surface area contributed by atoms with E-state index in [0.717, 1.165) is 32.9 Å². The summed E-state index contributed by atoms with van der Waals surface area (Å²) in [6, 6.07) is 23.2. The van der Waals surface area contributed by atoms with Crippen molar-refractivity contribution in [3.8, 4) is 5.75 Å². The standard InChI is InChI=1S/C23H19BrN2O2/c24-18-8-11-21-22(12-18)25-14-19(26-21)13-23(27)17-6-9-20(10-7-17)28-15-16-4-2-1-3-5-16/h1-13,25-26H,14-15H2/b19-13-. The van der Waals surface area contributed by atoms with E-state index in [4.69, 9.17) is 4.74 Å². The summed E-state index contributed by atoms with van der Waals surface area (Å²) in [5, 5.41) is 6.63. The van der Waals surface area contributed by atoms with E-state index in [1.165, 1.54) is 0 Å². The van der Waals surface area contributed by atoms with Crippen molar-refractivity contribution < 1.29 is 9.53 Å². The van der Waals surface area contributed by atoms with E-state index in [9.17, 15) is 4.79 Å². The van der Waals surface area contributed by atoms with Gasteiger partial charge in [-0.2, -0.15) is 0 Å². The van der Waals surface area contributed by atoms with Crippen LogP contribution in [0.5, 0.6) is 5.75 Å². The Kier molecular flexibility index (Phi) is 5.44. The fourth-order valence-corrected chi connectivity index (χ4v) is 3.33. The summed E-state index contributed by atoms with van der Waals surface area (Å²) < 4.78 is 6.79. The number of nitrogens with one attached hydrogen (secondary N) is 2. The van der Waals surface area contributed by atoms with Crippen molar-refractivity contribution in [2.75, 3.05) is 17.2 Å². The predicted octanol–water partition coefficient (Wildman–Crippen LogP) is 5.63. The van der Waals surface area contributed by atoms with Crippen molar-refractivity contribution in [1.29, 1.82) is 0 Å². The first-order valence-corrected chi connectivity index (χ1v) is 9.79. The zero-order valence-corrected chi connectivity index (χ0v) is 16.7. The summed E-state index contributed by atoms with van der Waals surface area (Å²) in [6.07, 6.45) is 1.64. The number of carbonyl (C=O) groups is 1. The summed E-state index contributed by atoms with van der Waals surface area (Å²) in [5.41, 5.74) is 4.54. The molecule has 3 aromatic carbocycles. The van der Waals surface area contributed by atoms with Crippen LogP contribution in [0.1, 0.15) is 15.9 Å². The van der Waals surface area contributed by atoms with Crippen LogP contribution < -0.4 is 15.4 Å². The molecule has 2 N–H and O–H groups in total. The average Bonchev–Trinajstić information content (AvgIpc) is 2.73. The van der Waals surface area contributed by atoms with Crippen LogP contribution in [0.3, 0.4) is 0 Å². The molecule has 28 heavy (non-hydrogen) atoms. The quantitative estimate of drug-likeness (QED) is 0.403. The Morgan fingerprint density at radius 2 is 1.79 bits per heavy atom. The van der Waals surface area contributed by atoms with Crippen molar-refractivity contribution in [3.05, 3.63) is 100 Å². The fraction of sp³-hybridized carbons (Fsp3) is 0.0870. The molecule has 0 atom stereocenters. The number of hydrogen-bond acceptors (Lipinski definition) is 4. The summed E-state index contributed by atoms with van der Waals surface area (Å²) in [6.45, 7) is 1.08. The maximum Gasteiger partial charge on any atom is 0.187 e. The lowest BCUT2D eigenvalue weighted by Crippen LogP contribution is -2.19.